The predicted molar refractivity (Wildman–Crippen MR) is 108 cm³/mol. The number of rotatable bonds is 4. The van der Waals surface area contributed by atoms with Gasteiger partial charge >= 0.3 is 5.57 Å². The summed E-state index contributed by atoms with van der Waals surface area (Å²) in [5.41, 5.74) is -1.48. The first-order valence-corrected chi connectivity index (χ1v) is 9.90. The molecule has 0 saturated heterocycles. The molecule has 0 fully saturated rings. The van der Waals surface area contributed by atoms with Crippen LogP contribution >= 0.6 is 27.5 Å². The predicted octanol–water partition coefficient (Wildman–Crippen LogP) is 5.56. The highest BCUT2D eigenvalue weighted by atomic mass is 79.9. The molecular weight excluding hydrogens is 472 g/mol. The Bertz CT molecular complexity index is 1080. The molecule has 0 saturated carbocycles. The van der Waals surface area contributed by atoms with Crippen LogP contribution in [0, 0.1) is 0 Å². The average molecular weight is 487 g/mol. The second kappa shape index (κ2) is 7.46. The van der Waals surface area contributed by atoms with Crippen LogP contribution in [0.25, 0.3) is 11.0 Å². The SMILES string of the molecule is C[C@@H]1CCOc2nc3cc(C(=O)Nc4ccc(OC(F)(F)Cl)cc4)cc(Br)c3n21. The summed E-state index contributed by atoms with van der Waals surface area (Å²) in [7, 11) is 0. The molecule has 0 aliphatic carbocycles. The van der Waals surface area contributed by atoms with Crippen LogP contribution in [0.1, 0.15) is 29.7 Å². The molecule has 0 spiro atoms. The zero-order valence-electron chi connectivity index (χ0n) is 15.1. The number of carbonyl (C=O) groups is 1. The third-order valence-corrected chi connectivity index (χ3v) is 5.20. The minimum atomic E-state index is -3.79. The summed E-state index contributed by atoms with van der Waals surface area (Å²) in [6, 6.07) is 9.61. The summed E-state index contributed by atoms with van der Waals surface area (Å²) < 4.78 is 38.0. The molecule has 2 aromatic carbocycles. The van der Waals surface area contributed by atoms with Crippen molar-refractivity contribution in [2.45, 2.75) is 25.0 Å². The Balaban J connectivity index is 1.58. The van der Waals surface area contributed by atoms with Crippen LogP contribution in [0.3, 0.4) is 0 Å². The van der Waals surface area contributed by atoms with Gasteiger partial charge in [-0.25, -0.2) is 0 Å². The lowest BCUT2D eigenvalue weighted by Gasteiger charge is -2.22. The number of nitrogens with one attached hydrogen (secondary N) is 1. The quantitative estimate of drug-likeness (QED) is 0.490. The lowest BCUT2D eigenvalue weighted by molar-refractivity contribution is -0.0964. The maximum atomic E-state index is 12.7. The zero-order chi connectivity index (χ0) is 20.8. The van der Waals surface area contributed by atoms with Gasteiger partial charge in [-0.2, -0.15) is 4.98 Å². The fourth-order valence-electron chi connectivity index (χ4n) is 3.20. The van der Waals surface area contributed by atoms with Crippen molar-refractivity contribution in [1.82, 2.24) is 9.55 Å². The second-order valence-corrected chi connectivity index (χ2v) is 7.90. The zero-order valence-corrected chi connectivity index (χ0v) is 17.4. The van der Waals surface area contributed by atoms with E-state index in [0.29, 0.717) is 29.4 Å². The van der Waals surface area contributed by atoms with Gasteiger partial charge in [-0.3, -0.25) is 9.36 Å². The molecule has 2 heterocycles. The van der Waals surface area contributed by atoms with Gasteiger partial charge in [0.2, 0.25) is 0 Å². The van der Waals surface area contributed by atoms with Crippen LogP contribution in [0.2, 0.25) is 0 Å². The van der Waals surface area contributed by atoms with E-state index in [9.17, 15) is 13.6 Å². The van der Waals surface area contributed by atoms with Crippen LogP contribution in [-0.4, -0.2) is 27.6 Å². The van der Waals surface area contributed by atoms with E-state index >= 15 is 0 Å². The average Bonchev–Trinajstić information content (AvgIpc) is 3.02. The number of nitrogens with zero attached hydrogens (tertiary/aromatic N) is 2. The molecule has 1 aliphatic heterocycles. The van der Waals surface area contributed by atoms with Crippen LogP contribution in [0.4, 0.5) is 14.5 Å². The van der Waals surface area contributed by atoms with E-state index in [4.69, 9.17) is 16.3 Å². The van der Waals surface area contributed by atoms with Crippen molar-refractivity contribution < 1.29 is 23.0 Å². The van der Waals surface area contributed by atoms with Gasteiger partial charge in [0, 0.05) is 39.8 Å². The first kappa shape index (κ1) is 19.9. The van der Waals surface area contributed by atoms with Gasteiger partial charge < -0.3 is 14.8 Å². The standard InChI is InChI=1S/C19H15BrClF2N3O3/c1-10-6-7-28-18-25-15-9-11(8-14(20)16(15)26(10)18)17(27)24-12-2-4-13(5-3-12)29-19(21,22)23/h2-5,8-10H,6-7H2,1H3,(H,24,27)/t10-/m1/s1. The Hall–Kier alpha value is -2.39. The summed E-state index contributed by atoms with van der Waals surface area (Å²) in [6.07, 6.45) is 0.877. The van der Waals surface area contributed by atoms with Gasteiger partial charge in [-0.05, 0) is 59.3 Å². The highest BCUT2D eigenvalue weighted by molar-refractivity contribution is 9.10. The number of hydrogen-bond donors (Lipinski definition) is 1. The summed E-state index contributed by atoms with van der Waals surface area (Å²) in [5.74, 6) is -0.492. The van der Waals surface area contributed by atoms with E-state index in [-0.39, 0.29) is 17.7 Å². The number of aromatic nitrogens is 2. The lowest BCUT2D eigenvalue weighted by atomic mass is 10.1. The number of hydrogen-bond acceptors (Lipinski definition) is 4. The van der Waals surface area contributed by atoms with Crippen LogP contribution in [0.5, 0.6) is 11.8 Å². The Kier molecular flexibility index (Phi) is 5.12. The maximum Gasteiger partial charge on any atom is 0.487 e. The number of alkyl halides is 3. The number of halogens is 4. The molecule has 6 nitrogen and oxygen atoms in total. The van der Waals surface area contributed by atoms with Gasteiger partial charge in [0.25, 0.3) is 11.9 Å². The molecule has 0 unspecified atom stereocenters. The van der Waals surface area contributed by atoms with E-state index < -0.39 is 5.57 Å². The largest absolute Gasteiger partial charge is 0.487 e. The van der Waals surface area contributed by atoms with E-state index in [1.165, 1.54) is 24.3 Å². The highest BCUT2D eigenvalue weighted by Crippen LogP contribution is 2.36. The fraction of sp³-hybridized carbons (Fsp3) is 0.263. The molecule has 0 bridgehead atoms. The Morgan fingerprint density at radius 1 is 1.38 bits per heavy atom. The molecule has 29 heavy (non-hydrogen) atoms. The molecule has 4 rings (SSSR count). The number of benzene rings is 2. The fourth-order valence-corrected chi connectivity index (χ4v) is 3.93. The van der Waals surface area contributed by atoms with Crippen molar-refractivity contribution in [2.75, 3.05) is 11.9 Å². The summed E-state index contributed by atoms with van der Waals surface area (Å²) in [5, 5.41) is 2.71. The molecule has 3 aromatic rings. The van der Waals surface area contributed by atoms with E-state index in [1.54, 1.807) is 12.1 Å². The van der Waals surface area contributed by atoms with Crippen molar-refractivity contribution in [3.8, 4) is 11.8 Å². The molecular formula is C19H15BrClF2N3O3. The number of carbonyl (C=O) groups excluding carboxylic acids is 1. The molecule has 1 amide bonds. The molecule has 152 valence electrons. The minimum absolute atomic E-state index is 0.120. The number of fused-ring (bicyclic) bond motifs is 3. The molecule has 1 aromatic heterocycles. The summed E-state index contributed by atoms with van der Waals surface area (Å²) in [6.45, 7) is 2.69. The monoisotopic (exact) mass is 485 g/mol. The Labute approximate surface area is 177 Å². The van der Waals surface area contributed by atoms with Gasteiger partial charge in [0.1, 0.15) is 5.75 Å². The van der Waals surface area contributed by atoms with Crippen molar-refractivity contribution in [3.63, 3.8) is 0 Å². The van der Waals surface area contributed by atoms with E-state index in [0.717, 1.165) is 16.4 Å². The van der Waals surface area contributed by atoms with Crippen molar-refractivity contribution >= 4 is 50.2 Å². The molecule has 1 N–H and O–H groups in total. The van der Waals surface area contributed by atoms with Gasteiger partial charge in [-0.1, -0.05) is 0 Å². The lowest BCUT2D eigenvalue weighted by Crippen LogP contribution is -2.18. The third kappa shape index (κ3) is 4.16. The summed E-state index contributed by atoms with van der Waals surface area (Å²) >= 11 is 8.26. The van der Waals surface area contributed by atoms with E-state index in [2.05, 4.69) is 37.9 Å². The first-order valence-electron chi connectivity index (χ1n) is 8.73. The minimum Gasteiger partial charge on any atom is -0.465 e. The van der Waals surface area contributed by atoms with Gasteiger partial charge in [0.15, 0.2) is 0 Å². The van der Waals surface area contributed by atoms with Crippen LogP contribution in [0.15, 0.2) is 40.9 Å². The highest BCUT2D eigenvalue weighted by Gasteiger charge is 2.27. The number of anilines is 1. The number of amides is 1. The first-order chi connectivity index (χ1) is 13.7. The Morgan fingerprint density at radius 2 is 2.10 bits per heavy atom. The topological polar surface area (TPSA) is 65.4 Å². The molecule has 10 heteroatoms. The van der Waals surface area contributed by atoms with Crippen LogP contribution < -0.4 is 14.8 Å². The van der Waals surface area contributed by atoms with Crippen LogP contribution in [-0.2, 0) is 0 Å². The number of imidazole rings is 1. The normalized spacial score (nSPS) is 16.2. The molecule has 1 atom stereocenters. The molecule has 0 radical (unpaired) electrons. The van der Waals surface area contributed by atoms with Crippen molar-refractivity contribution in [2.24, 2.45) is 0 Å². The third-order valence-electron chi connectivity index (χ3n) is 4.52. The second-order valence-electron chi connectivity index (χ2n) is 6.60. The molecule has 1 aliphatic rings. The number of ether oxygens (including phenoxy) is 2. The van der Waals surface area contributed by atoms with Gasteiger partial charge in [0.05, 0.1) is 17.6 Å². The van der Waals surface area contributed by atoms with E-state index in [1.807, 2.05) is 4.57 Å². The maximum absolute atomic E-state index is 12.7. The Morgan fingerprint density at radius 3 is 2.79 bits per heavy atom. The van der Waals surface area contributed by atoms with Gasteiger partial charge in [-0.15, -0.1) is 8.78 Å². The summed E-state index contributed by atoms with van der Waals surface area (Å²) in [4.78, 5) is 17.2. The van der Waals surface area contributed by atoms with Crippen molar-refractivity contribution in [3.05, 3.63) is 46.4 Å². The van der Waals surface area contributed by atoms with Crippen molar-refractivity contribution in [1.29, 1.82) is 0 Å². The smallest absolute Gasteiger partial charge is 0.465 e.